The molecule has 1 aromatic carbocycles. The number of ether oxygens (including phenoxy) is 1. The number of para-hydroxylation sites is 1. The number of carbonyl (C=O) groups is 2. The van der Waals surface area contributed by atoms with Gasteiger partial charge in [-0.15, -0.1) is 11.6 Å². The highest BCUT2D eigenvalue weighted by Crippen LogP contribution is 2.26. The highest BCUT2D eigenvalue weighted by Gasteiger charge is 2.28. The van der Waals surface area contributed by atoms with E-state index >= 15 is 0 Å². The first-order valence-electron chi connectivity index (χ1n) is 5.56. The molecule has 7 heteroatoms. The van der Waals surface area contributed by atoms with Gasteiger partial charge in [-0.25, -0.2) is 4.79 Å². The molecule has 1 rings (SSSR count). The number of alkyl halides is 1. The van der Waals surface area contributed by atoms with Crippen LogP contribution in [0, 0.1) is 10.1 Å². The highest BCUT2D eigenvalue weighted by molar-refractivity contribution is 6.20. The van der Waals surface area contributed by atoms with E-state index in [0.717, 1.165) is 0 Å². The minimum absolute atomic E-state index is 0.0331. The van der Waals surface area contributed by atoms with Crippen molar-refractivity contribution in [2.24, 2.45) is 0 Å². The molecule has 6 nitrogen and oxygen atoms in total. The van der Waals surface area contributed by atoms with Gasteiger partial charge in [0.2, 0.25) is 0 Å². The number of carbonyl (C=O) groups excluding carboxylic acids is 2. The van der Waals surface area contributed by atoms with Crippen LogP contribution in [0.5, 0.6) is 0 Å². The Kier molecular flexibility index (Phi) is 5.44. The summed E-state index contributed by atoms with van der Waals surface area (Å²) in [6.07, 6.45) is -0.0331. The average molecular weight is 286 g/mol. The van der Waals surface area contributed by atoms with Crippen LogP contribution in [0.15, 0.2) is 18.2 Å². The molecule has 0 aliphatic heterocycles. The van der Waals surface area contributed by atoms with Crippen LogP contribution in [0.4, 0.5) is 5.69 Å². The summed E-state index contributed by atoms with van der Waals surface area (Å²) in [4.78, 5) is 33.7. The number of hydrogen-bond acceptors (Lipinski definition) is 5. The zero-order chi connectivity index (χ0) is 14.4. The maximum atomic E-state index is 11.8. The monoisotopic (exact) mass is 285 g/mol. The van der Waals surface area contributed by atoms with Gasteiger partial charge in [0.05, 0.1) is 17.1 Å². The van der Waals surface area contributed by atoms with Crippen molar-refractivity contribution >= 4 is 29.0 Å². The molecule has 1 aromatic rings. The van der Waals surface area contributed by atoms with Crippen molar-refractivity contribution in [2.45, 2.75) is 13.3 Å². The molecule has 0 amide bonds. The predicted molar refractivity (Wildman–Crippen MR) is 68.7 cm³/mol. The Morgan fingerprint density at radius 3 is 2.53 bits per heavy atom. The van der Waals surface area contributed by atoms with E-state index in [1.54, 1.807) is 6.92 Å². The minimum Gasteiger partial charge on any atom is -0.462 e. The molecule has 0 unspecified atom stereocenters. The van der Waals surface area contributed by atoms with E-state index in [9.17, 15) is 19.7 Å². The number of esters is 1. The Balaban J connectivity index is 3.33. The third kappa shape index (κ3) is 3.51. The Bertz CT molecular complexity index is 479. The van der Waals surface area contributed by atoms with Crippen molar-refractivity contribution in [3.63, 3.8) is 0 Å². The van der Waals surface area contributed by atoms with Gasteiger partial charge in [-0.1, -0.05) is 6.07 Å². The number of nitro groups is 1. The van der Waals surface area contributed by atoms with E-state index in [4.69, 9.17) is 16.3 Å². The summed E-state index contributed by atoms with van der Waals surface area (Å²) in [6, 6.07) is 3.96. The van der Waals surface area contributed by atoms with E-state index in [-0.39, 0.29) is 30.0 Å². The Morgan fingerprint density at radius 1 is 1.37 bits per heavy atom. The summed E-state index contributed by atoms with van der Waals surface area (Å²) in [7, 11) is 0. The largest absolute Gasteiger partial charge is 0.462 e. The van der Waals surface area contributed by atoms with Crippen molar-refractivity contribution in [1.29, 1.82) is 0 Å². The number of rotatable bonds is 6. The summed E-state index contributed by atoms with van der Waals surface area (Å²) in [6.45, 7) is 1.68. The predicted octanol–water partition coefficient (Wildman–Crippen LogP) is 2.58. The lowest BCUT2D eigenvalue weighted by Crippen LogP contribution is -2.12. The number of benzene rings is 1. The van der Waals surface area contributed by atoms with Gasteiger partial charge in [0.25, 0.3) is 5.69 Å². The Labute approximate surface area is 114 Å². The van der Waals surface area contributed by atoms with Crippen molar-refractivity contribution in [2.75, 3.05) is 12.5 Å². The smallest absolute Gasteiger partial charge is 0.345 e. The van der Waals surface area contributed by atoms with Gasteiger partial charge in [0, 0.05) is 12.3 Å². The Hall–Kier alpha value is -1.95. The van der Waals surface area contributed by atoms with Crippen LogP contribution in [0.3, 0.4) is 0 Å². The quantitative estimate of drug-likeness (QED) is 0.264. The van der Waals surface area contributed by atoms with Crippen LogP contribution in [0.25, 0.3) is 0 Å². The zero-order valence-electron chi connectivity index (χ0n) is 10.2. The number of hydrogen-bond donors (Lipinski definition) is 0. The lowest BCUT2D eigenvalue weighted by atomic mass is 10.0. The number of halogens is 1. The average Bonchev–Trinajstić information content (AvgIpc) is 2.38. The normalized spacial score (nSPS) is 10.0. The van der Waals surface area contributed by atoms with Gasteiger partial charge < -0.3 is 4.74 Å². The fourth-order valence-corrected chi connectivity index (χ4v) is 1.73. The molecule has 0 heterocycles. The lowest BCUT2D eigenvalue weighted by Gasteiger charge is -2.06. The number of nitro benzene ring substituents is 1. The molecule has 0 saturated carbocycles. The van der Waals surface area contributed by atoms with E-state index in [1.807, 2.05) is 0 Å². The first-order valence-corrected chi connectivity index (χ1v) is 6.10. The second-order valence-electron chi connectivity index (χ2n) is 3.54. The molecular formula is C12H12ClNO5. The van der Waals surface area contributed by atoms with Crippen LogP contribution in [-0.2, 0) is 4.74 Å². The van der Waals surface area contributed by atoms with Crippen molar-refractivity contribution in [1.82, 2.24) is 0 Å². The van der Waals surface area contributed by atoms with E-state index < -0.39 is 22.4 Å². The van der Waals surface area contributed by atoms with E-state index in [0.29, 0.717) is 0 Å². The lowest BCUT2D eigenvalue weighted by molar-refractivity contribution is -0.385. The second-order valence-corrected chi connectivity index (χ2v) is 3.92. The van der Waals surface area contributed by atoms with Gasteiger partial charge >= 0.3 is 5.97 Å². The summed E-state index contributed by atoms with van der Waals surface area (Å²) in [5.41, 5.74) is -0.889. The fourth-order valence-electron chi connectivity index (χ4n) is 1.56. The number of Topliss-reactive ketones (excluding diaryl/α,β-unsaturated/α-hetero) is 1. The van der Waals surface area contributed by atoms with Crippen LogP contribution in [0.2, 0.25) is 0 Å². The topological polar surface area (TPSA) is 86.5 Å². The Morgan fingerprint density at radius 2 is 2.00 bits per heavy atom. The molecule has 0 aromatic heterocycles. The summed E-state index contributed by atoms with van der Waals surface area (Å²) >= 11 is 5.45. The summed E-state index contributed by atoms with van der Waals surface area (Å²) < 4.78 is 4.73. The molecule has 0 bridgehead atoms. The molecule has 0 radical (unpaired) electrons. The molecule has 0 N–H and O–H groups in total. The zero-order valence-corrected chi connectivity index (χ0v) is 11.0. The summed E-state index contributed by atoms with van der Waals surface area (Å²) in [5.74, 6) is -1.25. The molecule has 0 spiro atoms. The first-order chi connectivity index (χ1) is 9.02. The maximum Gasteiger partial charge on any atom is 0.345 e. The molecule has 19 heavy (non-hydrogen) atoms. The number of nitrogens with zero attached hydrogens (tertiary/aromatic N) is 1. The molecule has 0 aliphatic carbocycles. The van der Waals surface area contributed by atoms with Gasteiger partial charge in [-0.05, 0) is 19.1 Å². The molecule has 102 valence electrons. The van der Waals surface area contributed by atoms with Crippen molar-refractivity contribution in [3.8, 4) is 0 Å². The van der Waals surface area contributed by atoms with Gasteiger partial charge in [0.15, 0.2) is 5.78 Å². The van der Waals surface area contributed by atoms with Gasteiger partial charge in [-0.2, -0.15) is 0 Å². The van der Waals surface area contributed by atoms with Crippen LogP contribution < -0.4 is 0 Å². The van der Waals surface area contributed by atoms with Crippen LogP contribution in [0.1, 0.15) is 34.1 Å². The highest BCUT2D eigenvalue weighted by atomic mass is 35.5. The third-order valence-corrected chi connectivity index (χ3v) is 2.52. The minimum atomic E-state index is -0.824. The molecule has 0 atom stereocenters. The SMILES string of the molecule is CCOC(=O)c1cccc(C(=O)CCCl)c1[N+](=O)[O-]. The molecule has 0 fully saturated rings. The molecular weight excluding hydrogens is 274 g/mol. The van der Waals surface area contributed by atoms with Crippen molar-refractivity contribution < 1.29 is 19.2 Å². The standard InChI is InChI=1S/C12H12ClNO5/c1-2-19-12(16)9-5-3-4-8(10(15)6-7-13)11(9)14(17)18/h3-5H,2,6-7H2,1H3. The van der Waals surface area contributed by atoms with E-state index in [1.165, 1.54) is 18.2 Å². The fraction of sp³-hybridized carbons (Fsp3) is 0.333. The van der Waals surface area contributed by atoms with E-state index in [2.05, 4.69) is 0 Å². The second kappa shape index (κ2) is 6.84. The van der Waals surface area contributed by atoms with Gasteiger partial charge in [-0.3, -0.25) is 14.9 Å². The molecule has 0 aliphatic rings. The van der Waals surface area contributed by atoms with Crippen LogP contribution >= 0.6 is 11.6 Å². The van der Waals surface area contributed by atoms with Crippen LogP contribution in [-0.4, -0.2) is 29.2 Å². The molecule has 0 saturated heterocycles. The van der Waals surface area contributed by atoms with Gasteiger partial charge in [0.1, 0.15) is 5.56 Å². The van der Waals surface area contributed by atoms with Crippen molar-refractivity contribution in [3.05, 3.63) is 39.4 Å². The number of ketones is 1. The third-order valence-electron chi connectivity index (χ3n) is 2.34. The first kappa shape index (κ1) is 15.1. The maximum absolute atomic E-state index is 11.8. The summed E-state index contributed by atoms with van der Waals surface area (Å²) in [5, 5.41) is 11.1.